The predicted octanol–water partition coefficient (Wildman–Crippen LogP) is 2.37. The van der Waals surface area contributed by atoms with E-state index >= 15 is 0 Å². The lowest BCUT2D eigenvalue weighted by molar-refractivity contribution is -0.687. The zero-order valence-corrected chi connectivity index (χ0v) is 9.00. The molecule has 2 nitrogen and oxygen atoms in total. The molecule has 78 valence electrons. The first-order chi connectivity index (χ1) is 6.88. The minimum absolute atomic E-state index is 0. The van der Waals surface area contributed by atoms with Gasteiger partial charge >= 0.3 is 0 Å². The molecule has 0 fully saturated rings. The number of rotatable bonds is 3. The molecule has 2 heteroatoms. The van der Waals surface area contributed by atoms with Crippen LogP contribution in [0.2, 0.25) is 0 Å². The van der Waals surface area contributed by atoms with Gasteiger partial charge in [-0.05, 0) is 5.56 Å². The van der Waals surface area contributed by atoms with E-state index in [-0.39, 0.29) is 7.43 Å². The molecule has 1 aromatic carbocycles. The number of nitrogens with zero attached hydrogens (tertiary/aromatic N) is 2. The Morgan fingerprint density at radius 2 is 2.00 bits per heavy atom. The van der Waals surface area contributed by atoms with Gasteiger partial charge in [0, 0.05) is 0 Å². The van der Waals surface area contributed by atoms with Crippen molar-refractivity contribution < 1.29 is 4.57 Å². The Morgan fingerprint density at radius 1 is 1.27 bits per heavy atom. The summed E-state index contributed by atoms with van der Waals surface area (Å²) in [5.74, 6) is 0. The van der Waals surface area contributed by atoms with Crippen LogP contribution < -0.4 is 4.57 Å². The largest absolute Gasteiger partial charge is 0.358 e. The third-order valence-electron chi connectivity index (χ3n) is 2.13. The third-order valence-corrected chi connectivity index (χ3v) is 2.13. The highest BCUT2D eigenvalue weighted by Crippen LogP contribution is 1.97. The molecule has 1 aromatic heterocycles. The number of hydrogen-bond acceptors (Lipinski definition) is 0. The summed E-state index contributed by atoms with van der Waals surface area (Å²) in [4.78, 5) is 0. The van der Waals surface area contributed by atoms with Crippen LogP contribution in [0, 0.1) is 7.43 Å². The maximum atomic E-state index is 3.70. The molecule has 15 heavy (non-hydrogen) atoms. The highest BCUT2D eigenvalue weighted by molar-refractivity contribution is 5.14. The van der Waals surface area contributed by atoms with Crippen molar-refractivity contribution in [2.75, 3.05) is 0 Å². The summed E-state index contributed by atoms with van der Waals surface area (Å²) in [6.07, 6.45) is 7.81. The van der Waals surface area contributed by atoms with Gasteiger partial charge in [0.05, 0.1) is 6.20 Å². The number of imidazole rings is 1. The Morgan fingerprint density at radius 3 is 2.60 bits per heavy atom. The van der Waals surface area contributed by atoms with Crippen LogP contribution in [0.3, 0.4) is 0 Å². The summed E-state index contributed by atoms with van der Waals surface area (Å²) < 4.78 is 4.06. The Balaban J connectivity index is 0.00000112. The molecular weight excluding hydrogens is 184 g/mol. The average Bonchev–Trinajstić information content (AvgIpc) is 2.67. The van der Waals surface area contributed by atoms with Crippen molar-refractivity contribution >= 4 is 6.20 Å². The quantitative estimate of drug-likeness (QED) is 0.531. The van der Waals surface area contributed by atoms with Crippen molar-refractivity contribution in [3.63, 3.8) is 0 Å². The molecule has 0 aliphatic rings. The van der Waals surface area contributed by atoms with E-state index < -0.39 is 0 Å². The fraction of sp³-hybridized carbons (Fsp3) is 0.0769. The third kappa shape index (κ3) is 2.81. The van der Waals surface area contributed by atoms with Crippen molar-refractivity contribution in [2.24, 2.45) is 0 Å². The lowest BCUT2D eigenvalue weighted by atomic mass is 10.2. The van der Waals surface area contributed by atoms with Crippen LogP contribution in [0.25, 0.3) is 6.20 Å². The second-order valence-electron chi connectivity index (χ2n) is 3.20. The number of aromatic nitrogens is 2. The molecule has 0 aliphatic carbocycles. The van der Waals surface area contributed by atoms with E-state index in [9.17, 15) is 0 Å². The summed E-state index contributed by atoms with van der Waals surface area (Å²) in [7, 11) is 0. The predicted molar refractivity (Wildman–Crippen MR) is 63.0 cm³/mol. The molecule has 0 bridgehead atoms. The van der Waals surface area contributed by atoms with Gasteiger partial charge in [0.1, 0.15) is 18.9 Å². The number of benzene rings is 1. The molecular formula is C13H16N2. The molecule has 0 atom stereocenters. The Kier molecular flexibility index (Phi) is 3.86. The lowest BCUT2D eigenvalue weighted by Gasteiger charge is -1.95. The first-order valence-corrected chi connectivity index (χ1v) is 4.61. The minimum atomic E-state index is 0. The molecule has 0 radical (unpaired) electrons. The van der Waals surface area contributed by atoms with Gasteiger partial charge in [0.15, 0.2) is 0 Å². The van der Waals surface area contributed by atoms with E-state index in [1.165, 1.54) is 5.56 Å². The summed E-state index contributed by atoms with van der Waals surface area (Å²) >= 11 is 0. The van der Waals surface area contributed by atoms with Crippen molar-refractivity contribution in [1.82, 2.24) is 4.57 Å². The maximum absolute atomic E-state index is 3.70. The van der Waals surface area contributed by atoms with Crippen LogP contribution in [0.15, 0.2) is 55.6 Å². The van der Waals surface area contributed by atoms with Crippen molar-refractivity contribution in [3.8, 4) is 0 Å². The van der Waals surface area contributed by atoms with Gasteiger partial charge in [-0.25, -0.2) is 9.13 Å². The number of hydrogen-bond donors (Lipinski definition) is 0. The molecule has 0 saturated carbocycles. The van der Waals surface area contributed by atoms with Gasteiger partial charge in [-0.3, -0.25) is 0 Å². The van der Waals surface area contributed by atoms with Crippen molar-refractivity contribution in [2.45, 2.75) is 6.54 Å². The molecule has 0 unspecified atom stereocenters. The van der Waals surface area contributed by atoms with E-state index in [2.05, 4.69) is 35.4 Å². The van der Waals surface area contributed by atoms with Gasteiger partial charge in [0.2, 0.25) is 6.33 Å². The molecule has 0 aliphatic heterocycles. The Bertz CT molecular complexity index is 415. The van der Waals surface area contributed by atoms with Crippen LogP contribution in [0.4, 0.5) is 0 Å². The van der Waals surface area contributed by atoms with Gasteiger partial charge in [-0.15, -0.1) is 0 Å². The maximum Gasteiger partial charge on any atom is 0.248 e. The van der Waals surface area contributed by atoms with Gasteiger partial charge in [-0.2, -0.15) is 0 Å². The SMILES string of the molecule is C=Cn1cc[n+](Cc2ccccc2)c1.[CH3-]. The van der Waals surface area contributed by atoms with Crippen LogP contribution in [0.1, 0.15) is 5.56 Å². The summed E-state index contributed by atoms with van der Waals surface area (Å²) in [6, 6.07) is 10.4. The standard InChI is InChI=1S/C12H13N2.CH3/c1-2-13-8-9-14(11-13)10-12-6-4-3-5-7-12;/h2-9,11H,1,10H2;1H3/q+1;-1. The van der Waals surface area contributed by atoms with Crippen LogP contribution >= 0.6 is 0 Å². The van der Waals surface area contributed by atoms with Crippen LogP contribution in [0.5, 0.6) is 0 Å². The lowest BCUT2D eigenvalue weighted by Crippen LogP contribution is -2.31. The van der Waals surface area contributed by atoms with E-state index in [0.717, 1.165) is 6.54 Å². The monoisotopic (exact) mass is 200 g/mol. The van der Waals surface area contributed by atoms with Crippen molar-refractivity contribution in [1.29, 1.82) is 0 Å². The van der Waals surface area contributed by atoms with E-state index in [1.54, 1.807) is 6.20 Å². The molecule has 1 heterocycles. The Labute approximate surface area is 91.1 Å². The van der Waals surface area contributed by atoms with Gasteiger partial charge < -0.3 is 7.43 Å². The van der Waals surface area contributed by atoms with Gasteiger partial charge in [0.25, 0.3) is 0 Å². The zero-order valence-electron chi connectivity index (χ0n) is 9.00. The van der Waals surface area contributed by atoms with E-state index in [4.69, 9.17) is 0 Å². The highest BCUT2D eigenvalue weighted by atomic mass is 15.1. The fourth-order valence-corrected chi connectivity index (χ4v) is 1.41. The molecule has 2 aromatic rings. The van der Waals surface area contributed by atoms with Crippen LogP contribution in [-0.2, 0) is 6.54 Å². The summed E-state index contributed by atoms with van der Waals surface area (Å²) in [5, 5.41) is 0. The zero-order chi connectivity index (χ0) is 9.80. The fourth-order valence-electron chi connectivity index (χ4n) is 1.41. The first kappa shape index (κ1) is 11.2. The molecule has 0 N–H and O–H groups in total. The second-order valence-corrected chi connectivity index (χ2v) is 3.20. The Hall–Kier alpha value is -1.83. The first-order valence-electron chi connectivity index (χ1n) is 4.61. The topological polar surface area (TPSA) is 8.81 Å². The van der Waals surface area contributed by atoms with Gasteiger partial charge in [-0.1, -0.05) is 36.9 Å². The summed E-state index contributed by atoms with van der Waals surface area (Å²) in [6.45, 7) is 4.61. The normalized spacial score (nSPS) is 9.33. The molecule has 0 spiro atoms. The highest BCUT2D eigenvalue weighted by Gasteiger charge is 2.00. The second kappa shape index (κ2) is 5.15. The van der Waals surface area contributed by atoms with E-state index in [1.807, 2.05) is 29.4 Å². The van der Waals surface area contributed by atoms with Crippen LogP contribution in [-0.4, -0.2) is 4.57 Å². The molecule has 0 saturated heterocycles. The summed E-state index contributed by atoms with van der Waals surface area (Å²) in [5.41, 5.74) is 1.30. The minimum Gasteiger partial charge on any atom is -0.358 e. The van der Waals surface area contributed by atoms with E-state index in [0.29, 0.717) is 0 Å². The smallest absolute Gasteiger partial charge is 0.248 e. The molecule has 0 amide bonds. The van der Waals surface area contributed by atoms with Crippen molar-refractivity contribution in [3.05, 3.63) is 68.6 Å². The average molecular weight is 200 g/mol. The molecule has 2 rings (SSSR count).